The minimum Gasteiger partial charge on any atom is -0.464 e. The number of aryl methyl sites for hydroxylation is 2. The summed E-state index contributed by atoms with van der Waals surface area (Å²) in [4.78, 5) is 36.0. The van der Waals surface area contributed by atoms with Crippen LogP contribution in [0.1, 0.15) is 50.9 Å². The fraction of sp³-hybridized carbons (Fsp3) is 0.440. The summed E-state index contributed by atoms with van der Waals surface area (Å²) < 4.78 is 7.51. The summed E-state index contributed by atoms with van der Waals surface area (Å²) in [6.07, 6.45) is 6.54. The van der Waals surface area contributed by atoms with E-state index in [1.165, 1.54) is 4.90 Å². The third kappa shape index (κ3) is 4.82. The number of imidazole rings is 1. The van der Waals surface area contributed by atoms with Gasteiger partial charge in [0.25, 0.3) is 0 Å². The van der Waals surface area contributed by atoms with Gasteiger partial charge in [-0.3, -0.25) is 9.78 Å². The van der Waals surface area contributed by atoms with Gasteiger partial charge in [0.15, 0.2) is 5.54 Å². The van der Waals surface area contributed by atoms with Gasteiger partial charge in [0, 0.05) is 26.2 Å². The fourth-order valence-electron chi connectivity index (χ4n) is 4.01. The van der Waals surface area contributed by atoms with Gasteiger partial charge in [-0.25, -0.2) is 9.78 Å². The van der Waals surface area contributed by atoms with E-state index < -0.39 is 11.5 Å². The highest BCUT2D eigenvalue weighted by molar-refractivity contribution is 5.88. The molecule has 2 heterocycles. The molecule has 0 fully saturated rings. The van der Waals surface area contributed by atoms with Crippen molar-refractivity contribution in [3.8, 4) is 0 Å². The summed E-state index contributed by atoms with van der Waals surface area (Å²) in [6, 6.07) is 11.3. The van der Waals surface area contributed by atoms with E-state index in [2.05, 4.69) is 14.5 Å². The molecule has 32 heavy (non-hydrogen) atoms. The molecule has 1 aromatic carbocycles. The minimum atomic E-state index is -1.16. The van der Waals surface area contributed by atoms with Gasteiger partial charge in [0.05, 0.1) is 18.3 Å². The highest BCUT2D eigenvalue weighted by atomic mass is 16.5. The average Bonchev–Trinajstić information content (AvgIpc) is 3.13. The first-order chi connectivity index (χ1) is 15.4. The number of hydrogen-bond donors (Lipinski definition) is 0. The number of carbonyl (C=O) groups excluding carboxylic acids is 2. The van der Waals surface area contributed by atoms with Crippen LogP contribution in [0.5, 0.6) is 0 Å². The number of aromatic nitrogens is 3. The van der Waals surface area contributed by atoms with Crippen LogP contribution >= 0.6 is 0 Å². The second-order valence-electron chi connectivity index (χ2n) is 8.10. The van der Waals surface area contributed by atoms with Crippen molar-refractivity contribution in [2.75, 3.05) is 13.7 Å². The largest absolute Gasteiger partial charge is 0.464 e. The first-order valence-electron chi connectivity index (χ1n) is 11.2. The van der Waals surface area contributed by atoms with Gasteiger partial charge >= 0.3 is 5.97 Å². The lowest BCUT2D eigenvalue weighted by Crippen LogP contribution is -2.51. The Labute approximate surface area is 189 Å². The molecule has 170 valence electrons. The number of rotatable bonds is 10. The SMILES string of the molecule is CCOC(=O)[C@@](C)(c1ccccc1)N(C)C(=O)CCCCCn1c(C)nc2cnccc21. The lowest BCUT2D eigenvalue weighted by Gasteiger charge is -2.37. The highest BCUT2D eigenvalue weighted by Gasteiger charge is 2.42. The summed E-state index contributed by atoms with van der Waals surface area (Å²) in [6.45, 7) is 6.63. The van der Waals surface area contributed by atoms with Crippen molar-refractivity contribution in [1.29, 1.82) is 0 Å². The monoisotopic (exact) mass is 436 g/mol. The number of nitrogens with zero attached hydrogens (tertiary/aromatic N) is 4. The van der Waals surface area contributed by atoms with Crippen LogP contribution in [0.15, 0.2) is 48.8 Å². The van der Waals surface area contributed by atoms with Gasteiger partial charge in [0.1, 0.15) is 11.3 Å². The maximum absolute atomic E-state index is 13.0. The molecule has 7 heteroatoms. The number of hydrogen-bond acceptors (Lipinski definition) is 5. The predicted octanol–water partition coefficient (Wildman–Crippen LogP) is 4.24. The van der Waals surface area contributed by atoms with Gasteiger partial charge in [-0.15, -0.1) is 0 Å². The highest BCUT2D eigenvalue weighted by Crippen LogP contribution is 2.30. The zero-order chi connectivity index (χ0) is 23.1. The number of ether oxygens (including phenoxy) is 1. The molecule has 0 aliphatic rings. The molecule has 3 rings (SSSR count). The number of esters is 1. The molecule has 0 saturated carbocycles. The lowest BCUT2D eigenvalue weighted by atomic mass is 9.90. The zero-order valence-corrected chi connectivity index (χ0v) is 19.4. The molecule has 0 N–H and O–H groups in total. The number of amides is 1. The number of likely N-dealkylation sites (N-methyl/N-ethyl adjacent to an activating group) is 1. The Morgan fingerprint density at radius 2 is 1.88 bits per heavy atom. The van der Waals surface area contributed by atoms with E-state index in [9.17, 15) is 9.59 Å². The van der Waals surface area contributed by atoms with Crippen molar-refractivity contribution in [2.45, 2.75) is 58.5 Å². The summed E-state index contributed by atoms with van der Waals surface area (Å²) in [5, 5.41) is 0. The zero-order valence-electron chi connectivity index (χ0n) is 19.4. The van der Waals surface area contributed by atoms with E-state index in [1.807, 2.05) is 43.3 Å². The van der Waals surface area contributed by atoms with E-state index in [0.717, 1.165) is 48.2 Å². The molecule has 3 aromatic rings. The van der Waals surface area contributed by atoms with E-state index in [0.29, 0.717) is 6.42 Å². The predicted molar refractivity (Wildman–Crippen MR) is 124 cm³/mol. The molecule has 2 aromatic heterocycles. The van der Waals surface area contributed by atoms with E-state index >= 15 is 0 Å². The van der Waals surface area contributed by atoms with Crippen molar-refractivity contribution in [2.24, 2.45) is 0 Å². The normalized spacial score (nSPS) is 13.0. The number of pyridine rings is 1. The Hall–Kier alpha value is -3.22. The van der Waals surface area contributed by atoms with E-state index in [-0.39, 0.29) is 12.5 Å². The fourth-order valence-corrected chi connectivity index (χ4v) is 4.01. The Kier molecular flexibility index (Phi) is 7.62. The molecule has 1 amide bonds. The molecule has 0 aliphatic heterocycles. The van der Waals surface area contributed by atoms with Crippen LogP contribution in [0, 0.1) is 6.92 Å². The Balaban J connectivity index is 1.58. The second kappa shape index (κ2) is 10.4. The number of unbranched alkanes of at least 4 members (excludes halogenated alkanes) is 2. The molecule has 0 spiro atoms. The molecule has 0 radical (unpaired) electrons. The van der Waals surface area contributed by atoms with E-state index in [4.69, 9.17) is 4.74 Å². The van der Waals surface area contributed by atoms with Crippen LogP contribution in [0.25, 0.3) is 11.0 Å². The van der Waals surface area contributed by atoms with E-state index in [1.54, 1.807) is 33.3 Å². The van der Waals surface area contributed by atoms with Gasteiger partial charge in [-0.2, -0.15) is 0 Å². The first kappa shape index (κ1) is 23.4. The molecule has 0 bridgehead atoms. The third-order valence-corrected chi connectivity index (χ3v) is 6.07. The van der Waals surface area contributed by atoms with Crippen LogP contribution < -0.4 is 0 Å². The Bertz CT molecular complexity index is 1060. The first-order valence-corrected chi connectivity index (χ1v) is 11.2. The van der Waals surface area contributed by atoms with Crippen molar-refractivity contribution >= 4 is 22.9 Å². The number of benzene rings is 1. The summed E-state index contributed by atoms with van der Waals surface area (Å²) in [5.41, 5.74) is 1.57. The summed E-state index contributed by atoms with van der Waals surface area (Å²) in [7, 11) is 1.68. The average molecular weight is 437 g/mol. The molecule has 0 saturated heterocycles. The molecular weight excluding hydrogens is 404 g/mol. The second-order valence-corrected chi connectivity index (χ2v) is 8.10. The van der Waals surface area contributed by atoms with Crippen molar-refractivity contribution in [3.05, 3.63) is 60.2 Å². The van der Waals surface area contributed by atoms with Gasteiger partial charge < -0.3 is 14.2 Å². The van der Waals surface area contributed by atoms with Gasteiger partial charge in [-0.1, -0.05) is 36.8 Å². The number of fused-ring (bicyclic) bond motifs is 1. The van der Waals surface area contributed by atoms with Crippen molar-refractivity contribution in [1.82, 2.24) is 19.4 Å². The number of carbonyl (C=O) groups is 2. The maximum atomic E-state index is 13.0. The van der Waals surface area contributed by atoms with Crippen LogP contribution in [0.4, 0.5) is 0 Å². The van der Waals surface area contributed by atoms with Crippen molar-refractivity contribution in [3.63, 3.8) is 0 Å². The Morgan fingerprint density at radius 3 is 2.59 bits per heavy atom. The minimum absolute atomic E-state index is 0.0697. The van der Waals surface area contributed by atoms with Gasteiger partial charge in [0.2, 0.25) is 5.91 Å². The van der Waals surface area contributed by atoms with Crippen LogP contribution in [0.2, 0.25) is 0 Å². The van der Waals surface area contributed by atoms with Gasteiger partial charge in [-0.05, 0) is 45.2 Å². The smallest absolute Gasteiger partial charge is 0.336 e. The van der Waals surface area contributed by atoms with Crippen molar-refractivity contribution < 1.29 is 14.3 Å². The van der Waals surface area contributed by atoms with Crippen LogP contribution in [-0.2, 0) is 26.4 Å². The van der Waals surface area contributed by atoms with Crippen LogP contribution in [-0.4, -0.2) is 45.0 Å². The molecule has 0 unspecified atom stereocenters. The standard InChI is InChI=1S/C25H32N4O3/c1-5-32-24(31)25(3,20-12-8-6-9-13-20)28(4)23(30)14-10-7-11-17-29-19(2)27-21-18-26-16-15-22(21)29/h6,8-9,12-13,15-16,18H,5,7,10-11,14,17H2,1-4H3/t25-/m1/s1. The topological polar surface area (TPSA) is 77.3 Å². The van der Waals surface area contributed by atoms with Crippen LogP contribution in [0.3, 0.4) is 0 Å². The maximum Gasteiger partial charge on any atom is 0.336 e. The lowest BCUT2D eigenvalue weighted by molar-refractivity contribution is -0.162. The quantitative estimate of drug-likeness (QED) is 0.351. The summed E-state index contributed by atoms with van der Waals surface area (Å²) in [5.74, 6) is 0.482. The summed E-state index contributed by atoms with van der Waals surface area (Å²) >= 11 is 0. The molecule has 7 nitrogen and oxygen atoms in total. The molecule has 1 atom stereocenters. The molecular formula is C25H32N4O3. The molecule has 0 aliphatic carbocycles. The third-order valence-electron chi connectivity index (χ3n) is 6.07. The Morgan fingerprint density at radius 1 is 1.12 bits per heavy atom.